The number of nitrogens with one attached hydrogen (secondary N) is 1. The van der Waals surface area contributed by atoms with Crippen LogP contribution < -0.4 is 15.0 Å². The van der Waals surface area contributed by atoms with E-state index in [1.165, 1.54) is 24.9 Å². The Morgan fingerprint density at radius 1 is 1.35 bits per heavy atom. The highest BCUT2D eigenvalue weighted by Gasteiger charge is 2.34. The predicted octanol–water partition coefficient (Wildman–Crippen LogP) is 2.03. The number of anilines is 1. The first kappa shape index (κ1) is 10.9. The summed E-state index contributed by atoms with van der Waals surface area (Å²) in [6.07, 6.45) is 3.99. The van der Waals surface area contributed by atoms with Crippen molar-refractivity contribution in [3.05, 3.63) is 24.3 Å². The van der Waals surface area contributed by atoms with Crippen molar-refractivity contribution in [3.8, 4) is 5.75 Å². The third kappa shape index (κ3) is 2.00. The molecule has 1 aliphatic heterocycles. The SMILES string of the molecule is COc1cccc(N2CCN[C@H]3CCC[C@@H]32)c1. The molecular formula is C14H20N2O. The Balaban J connectivity index is 1.86. The van der Waals surface area contributed by atoms with E-state index >= 15 is 0 Å². The average Bonchev–Trinajstić information content (AvgIpc) is 2.87. The van der Waals surface area contributed by atoms with E-state index in [2.05, 4.69) is 28.4 Å². The lowest BCUT2D eigenvalue weighted by Gasteiger charge is -2.40. The van der Waals surface area contributed by atoms with E-state index < -0.39 is 0 Å². The summed E-state index contributed by atoms with van der Waals surface area (Å²) >= 11 is 0. The standard InChI is InChI=1S/C14H20N2O/c1-17-12-5-2-4-11(10-12)16-9-8-15-13-6-3-7-14(13)16/h2,4-5,10,13-15H,3,6-9H2,1H3/t13-,14-/m0/s1. The van der Waals surface area contributed by atoms with Crippen molar-refractivity contribution in [3.63, 3.8) is 0 Å². The minimum atomic E-state index is 0.677. The molecule has 1 aromatic rings. The van der Waals surface area contributed by atoms with E-state index in [-0.39, 0.29) is 0 Å². The summed E-state index contributed by atoms with van der Waals surface area (Å²) in [7, 11) is 1.73. The number of hydrogen-bond acceptors (Lipinski definition) is 3. The maximum absolute atomic E-state index is 5.31. The molecule has 1 saturated carbocycles. The van der Waals surface area contributed by atoms with Gasteiger partial charge in [0.15, 0.2) is 0 Å². The Kier molecular flexibility index (Phi) is 2.93. The van der Waals surface area contributed by atoms with Crippen LogP contribution in [0.1, 0.15) is 19.3 Å². The van der Waals surface area contributed by atoms with Gasteiger partial charge in [0, 0.05) is 36.9 Å². The third-order valence-electron chi connectivity index (χ3n) is 4.02. The van der Waals surface area contributed by atoms with Gasteiger partial charge in [0.1, 0.15) is 5.75 Å². The Bertz CT molecular complexity index is 394. The van der Waals surface area contributed by atoms with Crippen molar-refractivity contribution >= 4 is 5.69 Å². The van der Waals surface area contributed by atoms with Crippen molar-refractivity contribution in [2.45, 2.75) is 31.3 Å². The maximum atomic E-state index is 5.31. The molecule has 3 rings (SSSR count). The second-order valence-corrected chi connectivity index (χ2v) is 4.95. The van der Waals surface area contributed by atoms with E-state index in [0.717, 1.165) is 18.8 Å². The molecule has 92 valence electrons. The zero-order valence-electron chi connectivity index (χ0n) is 10.4. The zero-order chi connectivity index (χ0) is 11.7. The van der Waals surface area contributed by atoms with Crippen LogP contribution in [0.3, 0.4) is 0 Å². The molecule has 2 fully saturated rings. The average molecular weight is 232 g/mol. The highest BCUT2D eigenvalue weighted by atomic mass is 16.5. The molecule has 17 heavy (non-hydrogen) atoms. The number of hydrogen-bond donors (Lipinski definition) is 1. The van der Waals surface area contributed by atoms with Gasteiger partial charge in [-0.15, -0.1) is 0 Å². The molecule has 1 saturated heterocycles. The second-order valence-electron chi connectivity index (χ2n) is 4.95. The topological polar surface area (TPSA) is 24.5 Å². The number of rotatable bonds is 2. The van der Waals surface area contributed by atoms with Crippen LogP contribution in [0.5, 0.6) is 5.75 Å². The lowest BCUT2D eigenvalue weighted by Crippen LogP contribution is -2.55. The number of fused-ring (bicyclic) bond motifs is 1. The Labute approximate surface area is 103 Å². The van der Waals surface area contributed by atoms with E-state index in [9.17, 15) is 0 Å². The highest BCUT2D eigenvalue weighted by molar-refractivity contribution is 5.52. The van der Waals surface area contributed by atoms with Crippen molar-refractivity contribution in [1.82, 2.24) is 5.32 Å². The Hall–Kier alpha value is -1.22. The molecule has 1 aliphatic carbocycles. The van der Waals surface area contributed by atoms with Crippen molar-refractivity contribution in [2.24, 2.45) is 0 Å². The fourth-order valence-corrected chi connectivity index (χ4v) is 3.20. The molecule has 1 heterocycles. The van der Waals surface area contributed by atoms with Crippen LogP contribution in [-0.2, 0) is 0 Å². The van der Waals surface area contributed by atoms with Gasteiger partial charge in [-0.2, -0.15) is 0 Å². The van der Waals surface area contributed by atoms with Gasteiger partial charge in [0.25, 0.3) is 0 Å². The lowest BCUT2D eigenvalue weighted by atomic mass is 10.1. The lowest BCUT2D eigenvalue weighted by molar-refractivity contribution is 0.400. The van der Waals surface area contributed by atoms with Crippen LogP contribution >= 0.6 is 0 Å². The van der Waals surface area contributed by atoms with Gasteiger partial charge in [0.05, 0.1) is 7.11 Å². The van der Waals surface area contributed by atoms with Gasteiger partial charge in [-0.3, -0.25) is 0 Å². The molecule has 0 radical (unpaired) electrons. The number of methoxy groups -OCH3 is 1. The van der Waals surface area contributed by atoms with Crippen molar-refractivity contribution in [2.75, 3.05) is 25.1 Å². The summed E-state index contributed by atoms with van der Waals surface area (Å²) in [6, 6.07) is 9.81. The molecule has 0 unspecified atom stereocenters. The van der Waals surface area contributed by atoms with Crippen LogP contribution in [0.25, 0.3) is 0 Å². The van der Waals surface area contributed by atoms with Crippen LogP contribution in [-0.4, -0.2) is 32.3 Å². The van der Waals surface area contributed by atoms with Gasteiger partial charge in [0.2, 0.25) is 0 Å². The summed E-state index contributed by atoms with van der Waals surface area (Å²) in [5.74, 6) is 0.954. The van der Waals surface area contributed by atoms with Gasteiger partial charge in [-0.05, 0) is 31.4 Å². The molecule has 0 bridgehead atoms. The van der Waals surface area contributed by atoms with Gasteiger partial charge in [-0.25, -0.2) is 0 Å². The van der Waals surface area contributed by atoms with E-state index in [4.69, 9.17) is 4.74 Å². The third-order valence-corrected chi connectivity index (χ3v) is 4.02. The second kappa shape index (κ2) is 4.57. The van der Waals surface area contributed by atoms with Gasteiger partial charge >= 0.3 is 0 Å². The maximum Gasteiger partial charge on any atom is 0.120 e. The molecule has 0 spiro atoms. The molecule has 1 N–H and O–H groups in total. The van der Waals surface area contributed by atoms with Crippen LogP contribution in [0.15, 0.2) is 24.3 Å². The molecular weight excluding hydrogens is 212 g/mol. The van der Waals surface area contributed by atoms with Crippen LogP contribution in [0.2, 0.25) is 0 Å². The first-order valence-electron chi connectivity index (χ1n) is 6.52. The van der Waals surface area contributed by atoms with Crippen LogP contribution in [0, 0.1) is 0 Å². The number of piperazine rings is 1. The fourth-order valence-electron chi connectivity index (χ4n) is 3.20. The minimum absolute atomic E-state index is 0.677. The van der Waals surface area contributed by atoms with E-state index in [1.54, 1.807) is 7.11 Å². The first-order valence-corrected chi connectivity index (χ1v) is 6.52. The number of nitrogens with zero attached hydrogens (tertiary/aromatic N) is 1. The Morgan fingerprint density at radius 2 is 2.29 bits per heavy atom. The van der Waals surface area contributed by atoms with Crippen molar-refractivity contribution in [1.29, 1.82) is 0 Å². The largest absolute Gasteiger partial charge is 0.497 e. The zero-order valence-corrected chi connectivity index (χ0v) is 10.4. The summed E-state index contributed by atoms with van der Waals surface area (Å²) < 4.78 is 5.31. The summed E-state index contributed by atoms with van der Waals surface area (Å²) in [6.45, 7) is 2.20. The highest BCUT2D eigenvalue weighted by Crippen LogP contribution is 2.31. The minimum Gasteiger partial charge on any atom is -0.497 e. The monoisotopic (exact) mass is 232 g/mol. The molecule has 0 amide bonds. The van der Waals surface area contributed by atoms with E-state index in [1.807, 2.05) is 6.07 Å². The molecule has 3 nitrogen and oxygen atoms in total. The molecule has 1 aromatic carbocycles. The predicted molar refractivity (Wildman–Crippen MR) is 69.8 cm³/mol. The van der Waals surface area contributed by atoms with Crippen LogP contribution in [0.4, 0.5) is 5.69 Å². The van der Waals surface area contributed by atoms with Crippen molar-refractivity contribution < 1.29 is 4.74 Å². The summed E-state index contributed by atoms with van der Waals surface area (Å²) in [4.78, 5) is 2.55. The first-order chi connectivity index (χ1) is 8.38. The molecule has 2 aliphatic rings. The normalized spacial score (nSPS) is 27.9. The summed E-state index contributed by atoms with van der Waals surface area (Å²) in [5.41, 5.74) is 1.31. The van der Waals surface area contributed by atoms with Gasteiger partial charge in [-0.1, -0.05) is 6.07 Å². The fraction of sp³-hybridized carbons (Fsp3) is 0.571. The van der Waals surface area contributed by atoms with Gasteiger partial charge < -0.3 is 15.0 Å². The number of ether oxygens (including phenoxy) is 1. The molecule has 2 atom stereocenters. The number of benzene rings is 1. The Morgan fingerprint density at radius 3 is 3.18 bits per heavy atom. The molecule has 3 heteroatoms. The summed E-state index contributed by atoms with van der Waals surface area (Å²) in [5, 5.41) is 3.64. The molecule has 0 aromatic heterocycles. The smallest absolute Gasteiger partial charge is 0.120 e. The quantitative estimate of drug-likeness (QED) is 0.844. The van der Waals surface area contributed by atoms with E-state index in [0.29, 0.717) is 12.1 Å².